The average Bonchev–Trinajstić information content (AvgIpc) is 3.28. The third-order valence-corrected chi connectivity index (χ3v) is 5.62. The maximum absolute atomic E-state index is 12.7. The van der Waals surface area contributed by atoms with Gasteiger partial charge in [-0.3, -0.25) is 4.79 Å². The van der Waals surface area contributed by atoms with E-state index in [4.69, 9.17) is 0 Å². The van der Waals surface area contributed by atoms with E-state index in [2.05, 4.69) is 39.7 Å². The second-order valence-electron chi connectivity index (χ2n) is 7.39. The van der Waals surface area contributed by atoms with Gasteiger partial charge in [-0.05, 0) is 49.1 Å². The predicted octanol–water partition coefficient (Wildman–Crippen LogP) is 3.80. The zero-order valence-electron chi connectivity index (χ0n) is 15.8. The Morgan fingerprint density at radius 1 is 1.14 bits per heavy atom. The number of hydrogen-bond donors (Lipinski definition) is 2. The van der Waals surface area contributed by atoms with Crippen molar-refractivity contribution in [3.8, 4) is 5.69 Å². The number of para-hydroxylation sites is 1. The number of benzene rings is 2. The summed E-state index contributed by atoms with van der Waals surface area (Å²) in [5, 5.41) is 9.18. The number of fused-ring (bicyclic) bond motifs is 2. The van der Waals surface area contributed by atoms with Crippen LogP contribution in [-0.2, 0) is 13.0 Å². The van der Waals surface area contributed by atoms with Gasteiger partial charge in [0.15, 0.2) is 0 Å². The summed E-state index contributed by atoms with van der Waals surface area (Å²) in [6.45, 7) is 2.52. The minimum atomic E-state index is -0.0663. The van der Waals surface area contributed by atoms with Gasteiger partial charge in [0.05, 0.1) is 11.4 Å². The Labute approximate surface area is 163 Å². The second kappa shape index (κ2) is 6.77. The fourth-order valence-corrected chi connectivity index (χ4v) is 4.15. The van der Waals surface area contributed by atoms with Crippen LogP contribution in [0.25, 0.3) is 16.7 Å². The normalized spacial score (nSPS) is 15.8. The molecule has 2 aromatic carbocycles. The molecule has 2 aromatic heterocycles. The molecule has 0 aliphatic heterocycles. The summed E-state index contributed by atoms with van der Waals surface area (Å²) in [6, 6.07) is 20.7. The van der Waals surface area contributed by atoms with Crippen LogP contribution >= 0.6 is 0 Å². The SMILES string of the molecule is Cc1nn(-c2ccccc2)c2[nH]c(=O)c(CNC3CCc4ccccc43)cc12. The number of hydrogen-bond acceptors (Lipinski definition) is 3. The monoisotopic (exact) mass is 370 g/mol. The lowest BCUT2D eigenvalue weighted by Crippen LogP contribution is -2.24. The lowest BCUT2D eigenvalue weighted by molar-refractivity contribution is 0.528. The molecular formula is C23H22N4O. The molecule has 4 aromatic rings. The van der Waals surface area contributed by atoms with Gasteiger partial charge in [-0.25, -0.2) is 4.68 Å². The molecule has 0 saturated carbocycles. The number of H-pyrrole nitrogens is 1. The summed E-state index contributed by atoms with van der Waals surface area (Å²) in [5.41, 5.74) is 6.02. The number of pyridine rings is 1. The van der Waals surface area contributed by atoms with Crippen molar-refractivity contribution in [2.75, 3.05) is 0 Å². The molecule has 5 nitrogen and oxygen atoms in total. The molecule has 1 unspecified atom stereocenters. The highest BCUT2D eigenvalue weighted by molar-refractivity contribution is 5.80. The fourth-order valence-electron chi connectivity index (χ4n) is 4.15. The summed E-state index contributed by atoms with van der Waals surface area (Å²) in [6.07, 6.45) is 2.16. The first-order chi connectivity index (χ1) is 13.7. The van der Waals surface area contributed by atoms with Crippen molar-refractivity contribution >= 4 is 11.0 Å². The molecule has 0 saturated heterocycles. The molecule has 0 amide bonds. The quantitative estimate of drug-likeness (QED) is 0.574. The molecule has 2 heterocycles. The largest absolute Gasteiger partial charge is 0.306 e. The highest BCUT2D eigenvalue weighted by atomic mass is 16.1. The molecule has 0 fully saturated rings. The first-order valence-electron chi connectivity index (χ1n) is 9.69. The van der Waals surface area contributed by atoms with Gasteiger partial charge in [0.25, 0.3) is 5.56 Å². The Morgan fingerprint density at radius 2 is 1.93 bits per heavy atom. The van der Waals surface area contributed by atoms with E-state index in [1.165, 1.54) is 11.1 Å². The lowest BCUT2D eigenvalue weighted by atomic mass is 10.1. The van der Waals surface area contributed by atoms with E-state index in [1.807, 2.05) is 43.3 Å². The van der Waals surface area contributed by atoms with E-state index in [0.29, 0.717) is 12.6 Å². The average molecular weight is 370 g/mol. The Morgan fingerprint density at radius 3 is 2.79 bits per heavy atom. The van der Waals surface area contributed by atoms with Gasteiger partial charge in [-0.2, -0.15) is 5.10 Å². The molecule has 5 rings (SSSR count). The summed E-state index contributed by atoms with van der Waals surface area (Å²) < 4.78 is 1.80. The minimum absolute atomic E-state index is 0.0663. The van der Waals surface area contributed by atoms with E-state index in [9.17, 15) is 4.79 Å². The highest BCUT2D eigenvalue weighted by Crippen LogP contribution is 2.31. The smallest absolute Gasteiger partial charge is 0.254 e. The van der Waals surface area contributed by atoms with Gasteiger partial charge in [0.2, 0.25) is 0 Å². The Kier molecular flexibility index (Phi) is 4.10. The maximum Gasteiger partial charge on any atom is 0.254 e. The van der Waals surface area contributed by atoms with E-state index in [0.717, 1.165) is 40.8 Å². The molecule has 0 spiro atoms. The van der Waals surface area contributed by atoms with Crippen molar-refractivity contribution < 1.29 is 0 Å². The fraction of sp³-hybridized carbons (Fsp3) is 0.217. The molecule has 1 atom stereocenters. The molecule has 2 N–H and O–H groups in total. The first kappa shape index (κ1) is 17.0. The number of aryl methyl sites for hydroxylation is 2. The molecule has 140 valence electrons. The van der Waals surface area contributed by atoms with Crippen LogP contribution in [-0.4, -0.2) is 14.8 Å². The van der Waals surface area contributed by atoms with Crippen LogP contribution in [0.5, 0.6) is 0 Å². The first-order valence-corrected chi connectivity index (χ1v) is 9.69. The van der Waals surface area contributed by atoms with Crippen LogP contribution in [0.15, 0.2) is 65.5 Å². The molecule has 5 heteroatoms. The topological polar surface area (TPSA) is 62.7 Å². The predicted molar refractivity (Wildman–Crippen MR) is 111 cm³/mol. The number of nitrogens with zero attached hydrogens (tertiary/aromatic N) is 2. The third-order valence-electron chi connectivity index (χ3n) is 5.62. The maximum atomic E-state index is 12.7. The molecule has 1 aliphatic carbocycles. The van der Waals surface area contributed by atoms with Gasteiger partial charge >= 0.3 is 0 Å². The van der Waals surface area contributed by atoms with Crippen molar-refractivity contribution in [2.45, 2.75) is 32.4 Å². The summed E-state index contributed by atoms with van der Waals surface area (Å²) >= 11 is 0. The number of aromatic nitrogens is 3. The molecule has 28 heavy (non-hydrogen) atoms. The van der Waals surface area contributed by atoms with Crippen LogP contribution in [0.2, 0.25) is 0 Å². The zero-order valence-corrected chi connectivity index (χ0v) is 15.8. The zero-order chi connectivity index (χ0) is 19.1. The lowest BCUT2D eigenvalue weighted by Gasteiger charge is -2.14. The van der Waals surface area contributed by atoms with E-state index < -0.39 is 0 Å². The summed E-state index contributed by atoms with van der Waals surface area (Å²) in [4.78, 5) is 15.8. The van der Waals surface area contributed by atoms with Crippen molar-refractivity contribution in [3.05, 3.63) is 93.4 Å². The third kappa shape index (κ3) is 2.84. The van der Waals surface area contributed by atoms with E-state index in [-0.39, 0.29) is 5.56 Å². The highest BCUT2D eigenvalue weighted by Gasteiger charge is 2.21. The van der Waals surface area contributed by atoms with Gasteiger partial charge in [-0.1, -0.05) is 42.5 Å². The van der Waals surface area contributed by atoms with Gasteiger partial charge in [-0.15, -0.1) is 0 Å². The number of rotatable bonds is 4. The van der Waals surface area contributed by atoms with Crippen LogP contribution in [0, 0.1) is 6.92 Å². The van der Waals surface area contributed by atoms with Crippen molar-refractivity contribution in [1.29, 1.82) is 0 Å². The van der Waals surface area contributed by atoms with Crippen LogP contribution in [0.4, 0.5) is 0 Å². The van der Waals surface area contributed by atoms with Crippen LogP contribution < -0.4 is 10.9 Å². The van der Waals surface area contributed by atoms with Crippen molar-refractivity contribution in [1.82, 2.24) is 20.1 Å². The van der Waals surface area contributed by atoms with Gasteiger partial charge in [0.1, 0.15) is 5.65 Å². The number of nitrogens with one attached hydrogen (secondary N) is 2. The van der Waals surface area contributed by atoms with E-state index >= 15 is 0 Å². The number of aromatic amines is 1. The summed E-state index contributed by atoms with van der Waals surface area (Å²) in [7, 11) is 0. The molecule has 1 aliphatic rings. The van der Waals surface area contributed by atoms with Crippen molar-refractivity contribution in [3.63, 3.8) is 0 Å². The minimum Gasteiger partial charge on any atom is -0.306 e. The second-order valence-corrected chi connectivity index (χ2v) is 7.39. The van der Waals surface area contributed by atoms with Crippen molar-refractivity contribution in [2.24, 2.45) is 0 Å². The van der Waals surface area contributed by atoms with Crippen LogP contribution in [0.1, 0.15) is 34.8 Å². The molecule has 0 bridgehead atoms. The van der Waals surface area contributed by atoms with E-state index in [1.54, 1.807) is 4.68 Å². The Balaban J connectivity index is 1.46. The molecule has 0 radical (unpaired) electrons. The Hall–Kier alpha value is -3.18. The van der Waals surface area contributed by atoms with Gasteiger partial charge in [0, 0.05) is 23.5 Å². The van der Waals surface area contributed by atoms with Gasteiger partial charge < -0.3 is 10.3 Å². The van der Waals surface area contributed by atoms with Crippen LogP contribution in [0.3, 0.4) is 0 Å². The summed E-state index contributed by atoms with van der Waals surface area (Å²) in [5.74, 6) is 0. The standard InChI is InChI=1S/C23H22N4O/c1-15-20-13-17(14-24-21-12-11-16-7-5-6-10-19(16)21)23(28)25-22(20)27(26-15)18-8-3-2-4-9-18/h2-10,13,21,24H,11-12,14H2,1H3,(H,25,28). The Bertz CT molecular complexity index is 1210. The molecular weight excluding hydrogens is 348 g/mol.